The van der Waals surface area contributed by atoms with Gasteiger partial charge in [-0.15, -0.1) is 0 Å². The highest BCUT2D eigenvalue weighted by Gasteiger charge is 2.53. The summed E-state index contributed by atoms with van der Waals surface area (Å²) in [5, 5.41) is 11.9. The molecule has 2 N–H and O–H groups in total. The van der Waals surface area contributed by atoms with Gasteiger partial charge in [-0.05, 0) is 35.4 Å². The molecule has 5 aromatic rings. The molecule has 2 aliphatic heterocycles. The Morgan fingerprint density at radius 2 is 1.28 bits per heavy atom. The van der Waals surface area contributed by atoms with Crippen LogP contribution in [-0.2, 0) is 10.2 Å². The van der Waals surface area contributed by atoms with Crippen LogP contribution in [0, 0.1) is 0 Å². The number of hydrogen-bond donors (Lipinski definition) is 2. The minimum atomic E-state index is -1.04. The second kappa shape index (κ2) is 7.82. The Morgan fingerprint density at radius 3 is 2.00 bits per heavy atom. The van der Waals surface area contributed by atoms with E-state index in [2.05, 4.69) is 28.8 Å². The lowest BCUT2D eigenvalue weighted by Gasteiger charge is -2.32. The molecule has 0 aliphatic carbocycles. The number of carbonyl (C=O) groups excluding carboxylic acids is 1. The van der Waals surface area contributed by atoms with Crippen molar-refractivity contribution in [3.05, 3.63) is 138 Å². The van der Waals surface area contributed by atoms with E-state index in [1.807, 2.05) is 108 Å². The molecule has 1 amide bonds. The van der Waals surface area contributed by atoms with Crippen LogP contribution >= 0.6 is 0 Å². The van der Waals surface area contributed by atoms with E-state index in [4.69, 9.17) is 5.10 Å². The van der Waals surface area contributed by atoms with Crippen molar-refractivity contribution in [2.24, 2.45) is 0 Å². The Bertz CT molecular complexity index is 1640. The van der Waals surface area contributed by atoms with Gasteiger partial charge in [0, 0.05) is 22.5 Å². The zero-order chi connectivity index (χ0) is 24.1. The van der Waals surface area contributed by atoms with Gasteiger partial charge in [-0.2, -0.15) is 5.10 Å². The van der Waals surface area contributed by atoms with Crippen LogP contribution in [0.5, 0.6) is 0 Å². The standard InChI is InChI=1S/C31H22N4O/c36-30-31(24-18-10-11-19-25(24)33-30)20-26(21-12-4-1-5-13-21)32-29-27(31)28(22-14-6-2-7-15-22)34-35(29)23-16-8-3-9-17-23/h1-20,32H,(H,33,36). The Hall–Kier alpha value is -4.90. The van der Waals surface area contributed by atoms with Gasteiger partial charge in [0.1, 0.15) is 11.2 Å². The van der Waals surface area contributed by atoms with Crippen molar-refractivity contribution in [2.75, 3.05) is 10.6 Å². The van der Waals surface area contributed by atoms with Crippen molar-refractivity contribution in [2.45, 2.75) is 5.41 Å². The largest absolute Gasteiger partial charge is 0.340 e. The normalized spacial score (nSPS) is 17.7. The first-order valence-corrected chi connectivity index (χ1v) is 12.0. The van der Waals surface area contributed by atoms with E-state index < -0.39 is 5.41 Å². The van der Waals surface area contributed by atoms with Crippen LogP contribution in [0.2, 0.25) is 0 Å². The van der Waals surface area contributed by atoms with Crippen LogP contribution < -0.4 is 10.6 Å². The number of benzene rings is 4. The molecule has 0 bridgehead atoms. The Balaban J connectivity index is 1.60. The number of fused-ring (bicyclic) bond motifs is 4. The SMILES string of the molecule is O=C1Nc2ccccc2C12C=C(c1ccccc1)Nc1c2c(-c2ccccc2)nn1-c1ccccc1. The molecule has 172 valence electrons. The molecule has 5 nitrogen and oxygen atoms in total. The third-order valence-electron chi connectivity index (χ3n) is 6.98. The van der Waals surface area contributed by atoms with Crippen molar-refractivity contribution in [3.8, 4) is 16.9 Å². The first-order chi connectivity index (χ1) is 17.8. The van der Waals surface area contributed by atoms with E-state index in [9.17, 15) is 4.79 Å². The van der Waals surface area contributed by atoms with E-state index in [1.54, 1.807) is 0 Å². The number of nitrogens with one attached hydrogen (secondary N) is 2. The van der Waals surface area contributed by atoms with Crippen LogP contribution in [0.15, 0.2) is 121 Å². The predicted octanol–water partition coefficient (Wildman–Crippen LogP) is 6.24. The quantitative estimate of drug-likeness (QED) is 0.331. The van der Waals surface area contributed by atoms with Crippen LogP contribution in [0.3, 0.4) is 0 Å². The molecule has 0 saturated carbocycles. The molecular formula is C31H22N4O. The van der Waals surface area contributed by atoms with E-state index in [1.165, 1.54) is 0 Å². The number of amides is 1. The first-order valence-electron chi connectivity index (χ1n) is 12.0. The fourth-order valence-corrected chi connectivity index (χ4v) is 5.36. The molecule has 2 aliphatic rings. The summed E-state index contributed by atoms with van der Waals surface area (Å²) in [6.45, 7) is 0. The monoisotopic (exact) mass is 466 g/mol. The molecule has 5 heteroatoms. The van der Waals surface area contributed by atoms with Crippen LogP contribution in [0.25, 0.3) is 22.6 Å². The van der Waals surface area contributed by atoms with Crippen LogP contribution in [0.4, 0.5) is 11.5 Å². The number of aromatic nitrogens is 2. The van der Waals surface area contributed by atoms with Crippen molar-refractivity contribution in [1.29, 1.82) is 0 Å². The zero-order valence-electron chi connectivity index (χ0n) is 19.3. The summed E-state index contributed by atoms with van der Waals surface area (Å²) in [7, 11) is 0. The summed E-state index contributed by atoms with van der Waals surface area (Å²) in [5.41, 5.74) is 6.07. The van der Waals surface area contributed by atoms with Crippen molar-refractivity contribution < 1.29 is 4.79 Å². The number of para-hydroxylation sites is 2. The molecule has 1 aromatic heterocycles. The van der Waals surface area contributed by atoms with Gasteiger partial charge in [0.2, 0.25) is 5.91 Å². The fourth-order valence-electron chi connectivity index (χ4n) is 5.36. The molecule has 1 spiro atoms. The summed E-state index contributed by atoms with van der Waals surface area (Å²) in [5.74, 6) is 0.706. The molecular weight excluding hydrogens is 444 g/mol. The highest BCUT2D eigenvalue weighted by molar-refractivity contribution is 6.14. The highest BCUT2D eigenvalue weighted by atomic mass is 16.2. The Morgan fingerprint density at radius 1 is 0.667 bits per heavy atom. The minimum Gasteiger partial charge on any atom is -0.340 e. The summed E-state index contributed by atoms with van der Waals surface area (Å²) >= 11 is 0. The summed E-state index contributed by atoms with van der Waals surface area (Å²) < 4.78 is 1.92. The molecule has 0 radical (unpaired) electrons. The van der Waals surface area contributed by atoms with Gasteiger partial charge in [0.05, 0.1) is 11.4 Å². The molecule has 0 saturated heterocycles. The summed E-state index contributed by atoms with van der Waals surface area (Å²) in [6.07, 6.45) is 2.06. The summed E-state index contributed by atoms with van der Waals surface area (Å²) in [4.78, 5) is 14.1. The second-order valence-corrected chi connectivity index (χ2v) is 9.04. The zero-order valence-corrected chi connectivity index (χ0v) is 19.3. The van der Waals surface area contributed by atoms with E-state index in [-0.39, 0.29) is 5.91 Å². The maximum atomic E-state index is 14.1. The van der Waals surface area contributed by atoms with Gasteiger partial charge in [-0.25, -0.2) is 4.68 Å². The number of rotatable bonds is 3. The van der Waals surface area contributed by atoms with Gasteiger partial charge >= 0.3 is 0 Å². The molecule has 3 heterocycles. The molecule has 4 aromatic carbocycles. The van der Waals surface area contributed by atoms with Crippen molar-refractivity contribution >= 4 is 23.1 Å². The molecule has 7 rings (SSSR count). The average molecular weight is 467 g/mol. The lowest BCUT2D eigenvalue weighted by molar-refractivity contribution is -0.118. The molecule has 0 fully saturated rings. The average Bonchev–Trinajstić information content (AvgIpc) is 3.46. The lowest BCUT2D eigenvalue weighted by atomic mass is 9.71. The van der Waals surface area contributed by atoms with Gasteiger partial charge in [-0.3, -0.25) is 4.79 Å². The third kappa shape index (κ3) is 2.89. The topological polar surface area (TPSA) is 59.0 Å². The van der Waals surface area contributed by atoms with Crippen LogP contribution in [0.1, 0.15) is 16.7 Å². The molecule has 1 atom stereocenters. The van der Waals surface area contributed by atoms with E-state index in [0.717, 1.165) is 50.8 Å². The number of hydrogen-bond acceptors (Lipinski definition) is 3. The Labute approximate surface area is 208 Å². The smallest absolute Gasteiger partial charge is 0.243 e. The molecule has 1 unspecified atom stereocenters. The van der Waals surface area contributed by atoms with Gasteiger partial charge < -0.3 is 10.6 Å². The summed E-state index contributed by atoms with van der Waals surface area (Å²) in [6, 6.07) is 38.2. The fraction of sp³-hybridized carbons (Fsp3) is 0.0323. The van der Waals surface area contributed by atoms with Gasteiger partial charge in [0.25, 0.3) is 0 Å². The van der Waals surface area contributed by atoms with E-state index >= 15 is 0 Å². The maximum absolute atomic E-state index is 14.1. The lowest BCUT2D eigenvalue weighted by Crippen LogP contribution is -2.37. The highest BCUT2D eigenvalue weighted by Crippen LogP contribution is 2.53. The van der Waals surface area contributed by atoms with Gasteiger partial charge in [-0.1, -0.05) is 97.1 Å². The van der Waals surface area contributed by atoms with E-state index in [0.29, 0.717) is 0 Å². The number of carbonyl (C=O) groups is 1. The maximum Gasteiger partial charge on any atom is 0.243 e. The van der Waals surface area contributed by atoms with Crippen LogP contribution in [-0.4, -0.2) is 15.7 Å². The predicted molar refractivity (Wildman–Crippen MR) is 143 cm³/mol. The number of nitrogens with zero attached hydrogens (tertiary/aromatic N) is 2. The molecule has 36 heavy (non-hydrogen) atoms. The first kappa shape index (κ1) is 20.5. The second-order valence-electron chi connectivity index (χ2n) is 9.04. The minimum absolute atomic E-state index is 0.0790. The van der Waals surface area contributed by atoms with Crippen molar-refractivity contribution in [3.63, 3.8) is 0 Å². The number of anilines is 2. The Kier molecular flexibility index (Phi) is 4.45. The third-order valence-corrected chi connectivity index (χ3v) is 6.98. The van der Waals surface area contributed by atoms with Gasteiger partial charge in [0.15, 0.2) is 0 Å². The van der Waals surface area contributed by atoms with Crippen molar-refractivity contribution in [1.82, 2.24) is 9.78 Å².